The summed E-state index contributed by atoms with van der Waals surface area (Å²) in [5.74, 6) is 1.06. The fraction of sp³-hybridized carbons (Fsp3) is 0.462. The molecule has 2 aromatic heterocycles. The van der Waals surface area contributed by atoms with Gasteiger partial charge in [0.25, 0.3) is 0 Å². The van der Waals surface area contributed by atoms with Crippen LogP contribution in [-0.2, 0) is 6.18 Å². The molecule has 0 spiro atoms. The number of anilines is 1. The third-order valence-electron chi connectivity index (χ3n) is 3.46. The van der Waals surface area contributed by atoms with Gasteiger partial charge in [-0.25, -0.2) is 14.6 Å². The Kier molecular flexibility index (Phi) is 3.73. The van der Waals surface area contributed by atoms with Crippen LogP contribution in [-0.4, -0.2) is 45.9 Å². The van der Waals surface area contributed by atoms with Crippen LogP contribution in [0.5, 0.6) is 0 Å². The zero-order valence-corrected chi connectivity index (χ0v) is 11.9. The average Bonchev–Trinajstić information content (AvgIpc) is 2.89. The van der Waals surface area contributed by atoms with E-state index < -0.39 is 11.9 Å². The quantitative estimate of drug-likeness (QED) is 0.908. The maximum absolute atomic E-state index is 12.5. The van der Waals surface area contributed by atoms with Gasteiger partial charge in [0.15, 0.2) is 17.3 Å². The molecule has 0 aromatic carbocycles. The first-order chi connectivity index (χ1) is 10.4. The van der Waals surface area contributed by atoms with Gasteiger partial charge in [-0.2, -0.15) is 13.2 Å². The Balaban J connectivity index is 1.87. The maximum Gasteiger partial charge on any atom is 0.434 e. The highest BCUT2D eigenvalue weighted by Crippen LogP contribution is 2.27. The molecular weight excluding hydrogens is 297 g/mol. The number of halogens is 3. The first kappa shape index (κ1) is 14.8. The maximum atomic E-state index is 12.5. The van der Waals surface area contributed by atoms with Crippen LogP contribution >= 0.6 is 0 Å². The van der Waals surface area contributed by atoms with Gasteiger partial charge in [0.2, 0.25) is 0 Å². The highest BCUT2D eigenvalue weighted by Gasteiger charge is 2.32. The van der Waals surface area contributed by atoms with Gasteiger partial charge in [0.1, 0.15) is 0 Å². The van der Waals surface area contributed by atoms with Gasteiger partial charge in [-0.15, -0.1) is 5.10 Å². The SMILES string of the molecule is Cc1cc(N2CCNCC2)nn1-c1cnc(C(F)(F)F)cn1. The molecule has 6 nitrogen and oxygen atoms in total. The first-order valence-corrected chi connectivity index (χ1v) is 6.87. The summed E-state index contributed by atoms with van der Waals surface area (Å²) in [5.41, 5.74) is -0.217. The number of alkyl halides is 3. The summed E-state index contributed by atoms with van der Waals surface area (Å²) in [4.78, 5) is 9.36. The molecule has 2 aromatic rings. The number of aryl methyl sites for hydroxylation is 1. The lowest BCUT2D eigenvalue weighted by atomic mass is 10.3. The molecule has 0 atom stereocenters. The van der Waals surface area contributed by atoms with Gasteiger partial charge in [0.05, 0.1) is 12.4 Å². The number of rotatable bonds is 2. The largest absolute Gasteiger partial charge is 0.434 e. The highest BCUT2D eigenvalue weighted by molar-refractivity contribution is 5.42. The summed E-state index contributed by atoms with van der Waals surface area (Å²) in [5, 5.41) is 7.68. The molecular formula is C13H15F3N6. The summed E-state index contributed by atoms with van der Waals surface area (Å²) in [6, 6.07) is 1.89. The fourth-order valence-electron chi connectivity index (χ4n) is 2.32. The van der Waals surface area contributed by atoms with Crippen molar-refractivity contribution < 1.29 is 13.2 Å². The molecule has 0 aliphatic carbocycles. The lowest BCUT2D eigenvalue weighted by molar-refractivity contribution is -0.141. The smallest absolute Gasteiger partial charge is 0.353 e. The van der Waals surface area contributed by atoms with E-state index in [2.05, 4.69) is 25.3 Å². The number of nitrogens with one attached hydrogen (secondary N) is 1. The van der Waals surface area contributed by atoms with Crippen molar-refractivity contribution in [2.75, 3.05) is 31.1 Å². The highest BCUT2D eigenvalue weighted by atomic mass is 19.4. The molecule has 0 unspecified atom stereocenters. The average molecular weight is 312 g/mol. The molecule has 9 heteroatoms. The molecule has 1 aliphatic rings. The second-order valence-electron chi connectivity index (χ2n) is 5.05. The second kappa shape index (κ2) is 5.56. The number of piperazine rings is 1. The fourth-order valence-corrected chi connectivity index (χ4v) is 2.32. The van der Waals surface area contributed by atoms with Crippen LogP contribution in [0.4, 0.5) is 19.0 Å². The minimum Gasteiger partial charge on any atom is -0.353 e. The van der Waals surface area contributed by atoms with Gasteiger partial charge in [0, 0.05) is 37.9 Å². The Morgan fingerprint density at radius 2 is 1.82 bits per heavy atom. The molecule has 22 heavy (non-hydrogen) atoms. The van der Waals surface area contributed by atoms with Crippen molar-refractivity contribution in [3.8, 4) is 5.82 Å². The van der Waals surface area contributed by atoms with Crippen molar-refractivity contribution >= 4 is 5.82 Å². The predicted octanol–water partition coefficient (Wildman–Crippen LogP) is 1.40. The zero-order valence-electron chi connectivity index (χ0n) is 11.9. The van der Waals surface area contributed by atoms with Crippen molar-refractivity contribution in [2.45, 2.75) is 13.1 Å². The zero-order chi connectivity index (χ0) is 15.7. The molecule has 3 heterocycles. The van der Waals surface area contributed by atoms with Crippen LogP contribution in [0.1, 0.15) is 11.4 Å². The Labute approximate surface area is 125 Å². The summed E-state index contributed by atoms with van der Waals surface area (Å²) in [7, 11) is 0. The van der Waals surface area contributed by atoms with E-state index in [4.69, 9.17) is 0 Å². The van der Waals surface area contributed by atoms with Crippen LogP contribution in [0, 0.1) is 6.92 Å². The number of hydrogen-bond acceptors (Lipinski definition) is 5. The van der Waals surface area contributed by atoms with Crippen LogP contribution < -0.4 is 10.2 Å². The van der Waals surface area contributed by atoms with E-state index in [9.17, 15) is 13.2 Å². The topological polar surface area (TPSA) is 58.9 Å². The van der Waals surface area contributed by atoms with Gasteiger partial charge in [-0.05, 0) is 6.92 Å². The van der Waals surface area contributed by atoms with E-state index in [0.717, 1.165) is 50.1 Å². The standard InChI is InChI=1S/C13H15F3N6/c1-9-6-11(21-4-2-17-3-5-21)20-22(9)12-8-18-10(7-19-12)13(14,15)16/h6-8,17H,2-5H2,1H3. The van der Waals surface area contributed by atoms with E-state index in [1.54, 1.807) is 0 Å². The minimum absolute atomic E-state index is 0.270. The van der Waals surface area contributed by atoms with Gasteiger partial charge < -0.3 is 10.2 Å². The molecule has 118 valence electrons. The first-order valence-electron chi connectivity index (χ1n) is 6.87. The number of hydrogen-bond donors (Lipinski definition) is 1. The van der Waals surface area contributed by atoms with Gasteiger partial charge in [-0.1, -0.05) is 0 Å². The van der Waals surface area contributed by atoms with Crippen molar-refractivity contribution in [3.05, 3.63) is 29.8 Å². The van der Waals surface area contributed by atoms with Crippen molar-refractivity contribution in [1.29, 1.82) is 0 Å². The van der Waals surface area contributed by atoms with Gasteiger partial charge in [-0.3, -0.25) is 0 Å². The van der Waals surface area contributed by atoms with E-state index in [1.165, 1.54) is 4.68 Å². The van der Waals surface area contributed by atoms with Crippen molar-refractivity contribution in [1.82, 2.24) is 25.1 Å². The van der Waals surface area contributed by atoms with Crippen LogP contribution in [0.2, 0.25) is 0 Å². The second-order valence-corrected chi connectivity index (χ2v) is 5.05. The Hall–Kier alpha value is -2.16. The molecule has 1 fully saturated rings. The van der Waals surface area contributed by atoms with E-state index in [-0.39, 0.29) is 5.82 Å². The van der Waals surface area contributed by atoms with E-state index in [1.807, 2.05) is 13.0 Å². The molecule has 0 bridgehead atoms. The third kappa shape index (κ3) is 2.89. The Morgan fingerprint density at radius 3 is 2.41 bits per heavy atom. The number of nitrogens with zero attached hydrogens (tertiary/aromatic N) is 5. The van der Waals surface area contributed by atoms with Crippen molar-refractivity contribution in [2.24, 2.45) is 0 Å². The summed E-state index contributed by atoms with van der Waals surface area (Å²) >= 11 is 0. The predicted molar refractivity (Wildman–Crippen MR) is 74.0 cm³/mol. The van der Waals surface area contributed by atoms with Crippen molar-refractivity contribution in [3.63, 3.8) is 0 Å². The third-order valence-corrected chi connectivity index (χ3v) is 3.46. The lowest BCUT2D eigenvalue weighted by Gasteiger charge is -2.27. The number of aromatic nitrogens is 4. The molecule has 0 saturated carbocycles. The summed E-state index contributed by atoms with van der Waals surface area (Å²) in [6.07, 6.45) is -2.68. The lowest BCUT2D eigenvalue weighted by Crippen LogP contribution is -2.43. The van der Waals surface area contributed by atoms with E-state index in [0.29, 0.717) is 0 Å². The molecule has 0 radical (unpaired) electrons. The minimum atomic E-state index is -4.49. The molecule has 3 rings (SSSR count). The molecule has 1 N–H and O–H groups in total. The Morgan fingerprint density at radius 1 is 1.09 bits per heavy atom. The van der Waals surface area contributed by atoms with Crippen LogP contribution in [0.3, 0.4) is 0 Å². The van der Waals surface area contributed by atoms with Crippen LogP contribution in [0.15, 0.2) is 18.5 Å². The van der Waals surface area contributed by atoms with Crippen LogP contribution in [0.25, 0.3) is 5.82 Å². The normalized spacial score (nSPS) is 16.1. The summed E-state index contributed by atoms with van der Waals surface area (Å²) in [6.45, 7) is 5.28. The molecule has 1 aliphatic heterocycles. The molecule has 0 amide bonds. The summed E-state index contributed by atoms with van der Waals surface area (Å²) < 4.78 is 39.0. The van der Waals surface area contributed by atoms with Gasteiger partial charge >= 0.3 is 6.18 Å². The van der Waals surface area contributed by atoms with E-state index >= 15 is 0 Å². The molecule has 1 saturated heterocycles. The Bertz CT molecular complexity index is 643. The monoisotopic (exact) mass is 312 g/mol.